The predicted molar refractivity (Wildman–Crippen MR) is 102 cm³/mol. The fourth-order valence-corrected chi connectivity index (χ4v) is 2.47. The van der Waals surface area contributed by atoms with E-state index in [0.29, 0.717) is 0 Å². The number of aromatic nitrogens is 1. The second-order valence-electron chi connectivity index (χ2n) is 5.55. The van der Waals surface area contributed by atoms with Crippen LogP contribution in [-0.4, -0.2) is 50.7 Å². The Labute approximate surface area is 149 Å². The van der Waals surface area contributed by atoms with Crippen LogP contribution in [0.3, 0.4) is 0 Å². The third-order valence-corrected chi connectivity index (χ3v) is 3.76. The van der Waals surface area contributed by atoms with Crippen molar-refractivity contribution in [3.63, 3.8) is 0 Å². The molecular weight excluding hydrogens is 341 g/mol. The SMILES string of the molecule is CCN(CC)CCCCNc1ccnc2ccccc12.O=P(O)(O)O. The molecule has 0 atom stereocenters. The van der Waals surface area contributed by atoms with Gasteiger partial charge in [-0.05, 0) is 44.6 Å². The summed E-state index contributed by atoms with van der Waals surface area (Å²) in [6.07, 6.45) is 4.32. The Morgan fingerprint density at radius 1 is 1.08 bits per heavy atom. The van der Waals surface area contributed by atoms with Gasteiger partial charge in [0.15, 0.2) is 0 Å². The Kier molecular flexibility index (Phi) is 9.63. The first-order valence-corrected chi connectivity index (χ1v) is 10.00. The minimum Gasteiger partial charge on any atom is -0.384 e. The maximum atomic E-state index is 8.88. The van der Waals surface area contributed by atoms with Gasteiger partial charge < -0.3 is 24.9 Å². The van der Waals surface area contributed by atoms with Crippen molar-refractivity contribution >= 4 is 24.4 Å². The number of hydrogen-bond acceptors (Lipinski definition) is 4. The van der Waals surface area contributed by atoms with Crippen LogP contribution in [0.2, 0.25) is 0 Å². The number of pyridine rings is 1. The highest BCUT2D eigenvalue weighted by Crippen LogP contribution is 2.25. The third-order valence-electron chi connectivity index (χ3n) is 3.76. The lowest BCUT2D eigenvalue weighted by Crippen LogP contribution is -2.24. The van der Waals surface area contributed by atoms with Crippen molar-refractivity contribution in [3.05, 3.63) is 36.5 Å². The van der Waals surface area contributed by atoms with E-state index in [4.69, 9.17) is 19.2 Å². The average Bonchev–Trinajstić information content (AvgIpc) is 2.57. The van der Waals surface area contributed by atoms with Crippen LogP contribution in [0, 0.1) is 0 Å². The molecule has 0 saturated carbocycles. The lowest BCUT2D eigenvalue weighted by Gasteiger charge is -2.17. The van der Waals surface area contributed by atoms with E-state index < -0.39 is 7.82 Å². The topological polar surface area (TPSA) is 106 Å². The summed E-state index contributed by atoms with van der Waals surface area (Å²) in [5.74, 6) is 0. The van der Waals surface area contributed by atoms with Crippen molar-refractivity contribution in [1.82, 2.24) is 9.88 Å². The van der Waals surface area contributed by atoms with E-state index in [0.717, 1.165) is 25.2 Å². The van der Waals surface area contributed by atoms with Gasteiger partial charge in [-0.25, -0.2) is 4.57 Å². The minimum atomic E-state index is -4.64. The predicted octanol–water partition coefficient (Wildman–Crippen LogP) is 2.84. The number of phosphoric acid groups is 1. The summed E-state index contributed by atoms with van der Waals surface area (Å²) >= 11 is 0. The van der Waals surface area contributed by atoms with Crippen LogP contribution in [0.4, 0.5) is 5.69 Å². The molecule has 0 fully saturated rings. The summed E-state index contributed by atoms with van der Waals surface area (Å²) in [4.78, 5) is 28.4. The van der Waals surface area contributed by atoms with Gasteiger partial charge in [0, 0.05) is 23.8 Å². The molecule has 25 heavy (non-hydrogen) atoms. The highest BCUT2D eigenvalue weighted by molar-refractivity contribution is 7.45. The van der Waals surface area contributed by atoms with Crippen LogP contribution >= 0.6 is 7.82 Å². The first-order chi connectivity index (χ1) is 11.8. The molecule has 8 heteroatoms. The number of rotatable bonds is 8. The maximum Gasteiger partial charge on any atom is 0.466 e. The molecule has 0 amide bonds. The summed E-state index contributed by atoms with van der Waals surface area (Å²) in [6, 6.07) is 10.3. The number of nitrogens with zero attached hydrogens (tertiary/aromatic N) is 2. The van der Waals surface area contributed by atoms with Gasteiger partial charge in [0.25, 0.3) is 0 Å². The largest absolute Gasteiger partial charge is 0.466 e. The summed E-state index contributed by atoms with van der Waals surface area (Å²) in [7, 11) is -4.64. The van der Waals surface area contributed by atoms with E-state index in [9.17, 15) is 0 Å². The monoisotopic (exact) mass is 369 g/mol. The molecule has 0 radical (unpaired) electrons. The van der Waals surface area contributed by atoms with Crippen molar-refractivity contribution < 1.29 is 19.2 Å². The molecule has 0 aliphatic carbocycles. The van der Waals surface area contributed by atoms with Crippen molar-refractivity contribution in [3.8, 4) is 0 Å². The van der Waals surface area contributed by atoms with Crippen LogP contribution in [0.25, 0.3) is 10.9 Å². The fourth-order valence-electron chi connectivity index (χ4n) is 2.47. The zero-order chi connectivity index (χ0) is 18.7. The molecule has 1 aromatic heterocycles. The molecule has 2 rings (SSSR count). The van der Waals surface area contributed by atoms with E-state index in [-0.39, 0.29) is 0 Å². The average molecular weight is 369 g/mol. The minimum absolute atomic E-state index is 1.02. The van der Waals surface area contributed by atoms with Gasteiger partial charge in [-0.1, -0.05) is 32.0 Å². The van der Waals surface area contributed by atoms with Crippen LogP contribution < -0.4 is 5.32 Å². The molecule has 0 aliphatic heterocycles. The summed E-state index contributed by atoms with van der Waals surface area (Å²) in [5, 5.41) is 4.75. The van der Waals surface area contributed by atoms with E-state index in [1.165, 1.54) is 30.5 Å². The zero-order valence-corrected chi connectivity index (χ0v) is 15.7. The molecule has 1 aromatic carbocycles. The van der Waals surface area contributed by atoms with Gasteiger partial charge in [0.05, 0.1) is 5.52 Å². The Morgan fingerprint density at radius 3 is 2.36 bits per heavy atom. The third kappa shape index (κ3) is 9.53. The van der Waals surface area contributed by atoms with E-state index >= 15 is 0 Å². The number of para-hydroxylation sites is 1. The highest BCUT2D eigenvalue weighted by atomic mass is 31.2. The normalized spacial score (nSPS) is 11.3. The van der Waals surface area contributed by atoms with Crippen molar-refractivity contribution in [2.24, 2.45) is 0 Å². The van der Waals surface area contributed by atoms with Gasteiger partial charge in [-0.15, -0.1) is 0 Å². The molecule has 2 aromatic rings. The van der Waals surface area contributed by atoms with Gasteiger partial charge in [0.1, 0.15) is 0 Å². The van der Waals surface area contributed by atoms with Crippen molar-refractivity contribution in [2.45, 2.75) is 26.7 Å². The molecule has 4 N–H and O–H groups in total. The molecule has 0 bridgehead atoms. The van der Waals surface area contributed by atoms with Gasteiger partial charge in [-0.3, -0.25) is 4.98 Å². The Balaban J connectivity index is 0.000000550. The molecule has 0 unspecified atom stereocenters. The highest BCUT2D eigenvalue weighted by Gasteiger charge is 2.01. The quantitative estimate of drug-likeness (QED) is 0.419. The fraction of sp³-hybridized carbons (Fsp3) is 0.471. The van der Waals surface area contributed by atoms with Crippen LogP contribution in [0.5, 0.6) is 0 Å². The summed E-state index contributed by atoms with van der Waals surface area (Å²) < 4.78 is 8.88. The van der Waals surface area contributed by atoms with Crippen LogP contribution in [0.1, 0.15) is 26.7 Å². The van der Waals surface area contributed by atoms with E-state index in [1.807, 2.05) is 12.3 Å². The van der Waals surface area contributed by atoms with E-state index in [1.54, 1.807) is 0 Å². The summed E-state index contributed by atoms with van der Waals surface area (Å²) in [6.45, 7) is 8.98. The van der Waals surface area contributed by atoms with E-state index in [2.05, 4.69) is 53.3 Å². The molecule has 1 heterocycles. The zero-order valence-electron chi connectivity index (χ0n) is 14.8. The van der Waals surface area contributed by atoms with Crippen LogP contribution in [0.15, 0.2) is 36.5 Å². The molecule has 0 spiro atoms. The number of hydrogen-bond donors (Lipinski definition) is 4. The molecule has 0 saturated heterocycles. The van der Waals surface area contributed by atoms with Gasteiger partial charge in [-0.2, -0.15) is 0 Å². The Morgan fingerprint density at radius 2 is 1.72 bits per heavy atom. The van der Waals surface area contributed by atoms with Crippen molar-refractivity contribution in [2.75, 3.05) is 31.5 Å². The standard InChI is InChI=1S/C17H25N3.H3O4P/c1-3-20(4-2)14-8-7-12-18-17-11-13-19-16-10-6-5-9-15(16)17;1-5(2,3)4/h5-6,9-11,13H,3-4,7-8,12,14H2,1-2H3,(H,18,19);(H3,1,2,3,4). The number of fused-ring (bicyclic) bond motifs is 1. The lowest BCUT2D eigenvalue weighted by atomic mass is 10.2. The first kappa shape index (κ1) is 21.5. The molecule has 0 aliphatic rings. The van der Waals surface area contributed by atoms with Crippen molar-refractivity contribution in [1.29, 1.82) is 0 Å². The van der Waals surface area contributed by atoms with Crippen LogP contribution in [-0.2, 0) is 4.57 Å². The Bertz CT molecular complexity index is 660. The molecular formula is C17H28N3O4P. The summed E-state index contributed by atoms with van der Waals surface area (Å²) in [5.41, 5.74) is 2.25. The number of anilines is 1. The second-order valence-corrected chi connectivity index (χ2v) is 6.58. The second kappa shape index (κ2) is 11.2. The number of nitrogens with one attached hydrogen (secondary N) is 1. The number of benzene rings is 1. The first-order valence-electron chi connectivity index (χ1n) is 8.43. The Hall–Kier alpha value is -1.50. The smallest absolute Gasteiger partial charge is 0.384 e. The lowest BCUT2D eigenvalue weighted by molar-refractivity contribution is 0.275. The van der Waals surface area contributed by atoms with Gasteiger partial charge >= 0.3 is 7.82 Å². The molecule has 140 valence electrons. The maximum absolute atomic E-state index is 8.88. The number of unbranched alkanes of at least 4 members (excludes halogenated alkanes) is 1. The van der Waals surface area contributed by atoms with Gasteiger partial charge in [0.2, 0.25) is 0 Å². The molecule has 7 nitrogen and oxygen atoms in total.